The molecule has 80 valence electrons. The summed E-state index contributed by atoms with van der Waals surface area (Å²) in [5.41, 5.74) is 1.27. The first-order valence-electron chi connectivity index (χ1n) is 4.73. The SMILES string of the molecule is C[N+](C)(C)C(=Cc1ccccc1)C(=O)O. The minimum atomic E-state index is -0.883. The fourth-order valence-corrected chi connectivity index (χ4v) is 1.25. The van der Waals surface area contributed by atoms with Crippen molar-refractivity contribution >= 4 is 12.0 Å². The number of carboxylic acids is 1. The summed E-state index contributed by atoms with van der Waals surface area (Å²) in [7, 11) is 5.51. The molecule has 1 rings (SSSR count). The standard InChI is InChI=1S/C12H15NO2/c1-13(2,3)11(12(14)15)9-10-7-5-4-6-8-10/h4-9H,1-3H3/p+1. The summed E-state index contributed by atoms with van der Waals surface area (Å²) >= 11 is 0. The van der Waals surface area contributed by atoms with Crippen LogP contribution >= 0.6 is 0 Å². The Morgan fingerprint density at radius 1 is 1.20 bits per heavy atom. The molecule has 0 fully saturated rings. The van der Waals surface area contributed by atoms with E-state index in [1.807, 2.05) is 51.5 Å². The van der Waals surface area contributed by atoms with Gasteiger partial charge in [0.15, 0.2) is 0 Å². The Labute approximate surface area is 89.9 Å². The molecule has 1 N–H and O–H groups in total. The number of hydrogen-bond donors (Lipinski definition) is 1. The first-order valence-corrected chi connectivity index (χ1v) is 4.73. The summed E-state index contributed by atoms with van der Waals surface area (Å²) in [5, 5.41) is 9.09. The molecule has 3 nitrogen and oxygen atoms in total. The molecule has 0 saturated heterocycles. The molecule has 0 saturated carbocycles. The number of rotatable bonds is 3. The zero-order chi connectivity index (χ0) is 11.5. The van der Waals surface area contributed by atoms with Crippen LogP contribution in [0.2, 0.25) is 0 Å². The van der Waals surface area contributed by atoms with Gasteiger partial charge in [-0.2, -0.15) is 0 Å². The fourth-order valence-electron chi connectivity index (χ4n) is 1.25. The Morgan fingerprint density at radius 3 is 2.13 bits per heavy atom. The Bertz CT molecular complexity index is 374. The van der Waals surface area contributed by atoms with Crippen LogP contribution in [0, 0.1) is 0 Å². The van der Waals surface area contributed by atoms with Gasteiger partial charge < -0.3 is 5.11 Å². The van der Waals surface area contributed by atoms with Crippen LogP contribution in [0.5, 0.6) is 0 Å². The van der Waals surface area contributed by atoms with E-state index >= 15 is 0 Å². The van der Waals surface area contributed by atoms with Crippen LogP contribution in [0.4, 0.5) is 0 Å². The van der Waals surface area contributed by atoms with Gasteiger partial charge in [0, 0.05) is 6.08 Å². The second kappa shape index (κ2) is 4.28. The smallest absolute Gasteiger partial charge is 0.390 e. The summed E-state index contributed by atoms with van der Waals surface area (Å²) in [6.45, 7) is 0. The van der Waals surface area contributed by atoms with Crippen molar-refractivity contribution in [3.05, 3.63) is 41.6 Å². The lowest BCUT2D eigenvalue weighted by Crippen LogP contribution is -2.37. The summed E-state index contributed by atoms with van der Waals surface area (Å²) < 4.78 is 0.296. The van der Waals surface area contributed by atoms with Gasteiger partial charge in [0.05, 0.1) is 21.1 Å². The zero-order valence-corrected chi connectivity index (χ0v) is 9.27. The van der Waals surface area contributed by atoms with Gasteiger partial charge in [-0.15, -0.1) is 0 Å². The van der Waals surface area contributed by atoms with Crippen molar-refractivity contribution in [3.63, 3.8) is 0 Å². The van der Waals surface area contributed by atoms with Gasteiger partial charge in [-0.3, -0.25) is 4.48 Å². The molecule has 0 aliphatic rings. The average Bonchev–Trinajstić information content (AvgIpc) is 2.13. The quantitative estimate of drug-likeness (QED) is 0.605. The monoisotopic (exact) mass is 206 g/mol. The van der Waals surface area contributed by atoms with E-state index in [9.17, 15) is 4.79 Å². The van der Waals surface area contributed by atoms with Crippen molar-refractivity contribution in [3.8, 4) is 0 Å². The van der Waals surface area contributed by atoms with E-state index in [4.69, 9.17) is 5.11 Å². The van der Waals surface area contributed by atoms with Crippen LogP contribution in [0.15, 0.2) is 36.0 Å². The molecule has 0 heterocycles. The van der Waals surface area contributed by atoms with Crippen molar-refractivity contribution in [2.45, 2.75) is 0 Å². The maximum Gasteiger partial charge on any atom is 0.390 e. The Balaban J connectivity index is 3.12. The van der Waals surface area contributed by atoms with Crippen LogP contribution in [-0.2, 0) is 4.79 Å². The van der Waals surface area contributed by atoms with Crippen molar-refractivity contribution in [2.24, 2.45) is 0 Å². The highest BCUT2D eigenvalue weighted by Gasteiger charge is 2.23. The zero-order valence-electron chi connectivity index (χ0n) is 9.27. The third kappa shape index (κ3) is 3.22. The predicted octanol–water partition coefficient (Wildman–Crippen LogP) is 1.82. The molecule has 0 aliphatic heterocycles. The Kier molecular flexibility index (Phi) is 3.27. The molecular formula is C12H16NO2+. The molecule has 1 aromatic rings. The lowest BCUT2D eigenvalue weighted by atomic mass is 10.2. The molecule has 0 aliphatic carbocycles. The second-order valence-electron chi connectivity index (χ2n) is 4.26. The molecule has 0 amide bonds. The minimum Gasteiger partial charge on any atom is -0.474 e. The molecule has 0 atom stereocenters. The van der Waals surface area contributed by atoms with E-state index in [2.05, 4.69) is 0 Å². The highest BCUT2D eigenvalue weighted by Crippen LogP contribution is 2.13. The molecule has 0 spiro atoms. The highest BCUT2D eigenvalue weighted by atomic mass is 16.4. The van der Waals surface area contributed by atoms with Crippen LogP contribution in [0.25, 0.3) is 6.08 Å². The summed E-state index contributed by atoms with van der Waals surface area (Å²) in [5.74, 6) is -0.883. The Hall–Kier alpha value is -1.61. The number of quaternary nitrogens is 1. The van der Waals surface area contributed by atoms with E-state index < -0.39 is 5.97 Å². The van der Waals surface area contributed by atoms with E-state index in [0.717, 1.165) is 5.56 Å². The van der Waals surface area contributed by atoms with Gasteiger partial charge in [0.25, 0.3) is 0 Å². The highest BCUT2D eigenvalue weighted by molar-refractivity contribution is 5.89. The number of carboxylic acid groups (broad SMARTS) is 1. The van der Waals surface area contributed by atoms with Crippen molar-refractivity contribution < 1.29 is 14.4 Å². The van der Waals surface area contributed by atoms with Crippen LogP contribution in [0.1, 0.15) is 5.56 Å². The van der Waals surface area contributed by atoms with Crippen molar-refractivity contribution in [1.29, 1.82) is 0 Å². The number of carbonyl (C=O) groups is 1. The lowest BCUT2D eigenvalue weighted by molar-refractivity contribution is -0.826. The van der Waals surface area contributed by atoms with Gasteiger partial charge >= 0.3 is 5.97 Å². The molecule has 3 heteroatoms. The number of nitrogens with zero attached hydrogens (tertiary/aromatic N) is 1. The first kappa shape index (κ1) is 11.5. The van der Waals surface area contributed by atoms with E-state index in [1.165, 1.54) is 0 Å². The van der Waals surface area contributed by atoms with Gasteiger partial charge in [-0.1, -0.05) is 30.3 Å². The molecule has 0 unspecified atom stereocenters. The van der Waals surface area contributed by atoms with Gasteiger partial charge in [0.2, 0.25) is 5.70 Å². The number of aliphatic carboxylic acids is 1. The number of likely N-dealkylation sites (N-methyl/N-ethyl adjacent to an activating group) is 1. The minimum absolute atomic E-state index is 0.296. The van der Waals surface area contributed by atoms with Gasteiger partial charge in [-0.05, 0) is 5.56 Å². The Morgan fingerprint density at radius 2 is 1.73 bits per heavy atom. The molecular weight excluding hydrogens is 190 g/mol. The van der Waals surface area contributed by atoms with E-state index in [-0.39, 0.29) is 0 Å². The first-order chi connectivity index (χ1) is 6.91. The topological polar surface area (TPSA) is 37.3 Å². The molecule has 0 radical (unpaired) electrons. The van der Waals surface area contributed by atoms with E-state index in [1.54, 1.807) is 6.08 Å². The third-order valence-corrected chi connectivity index (χ3v) is 2.04. The van der Waals surface area contributed by atoms with Crippen LogP contribution in [0.3, 0.4) is 0 Å². The maximum atomic E-state index is 11.1. The third-order valence-electron chi connectivity index (χ3n) is 2.04. The second-order valence-corrected chi connectivity index (χ2v) is 4.26. The largest absolute Gasteiger partial charge is 0.474 e. The normalized spacial score (nSPS) is 12.6. The summed E-state index contributed by atoms with van der Waals surface area (Å²) in [6, 6.07) is 9.46. The summed E-state index contributed by atoms with van der Waals surface area (Å²) in [6.07, 6.45) is 1.70. The van der Waals surface area contributed by atoms with Gasteiger partial charge in [0.1, 0.15) is 0 Å². The van der Waals surface area contributed by atoms with Crippen LogP contribution < -0.4 is 0 Å². The van der Waals surface area contributed by atoms with Crippen molar-refractivity contribution in [2.75, 3.05) is 21.1 Å². The molecule has 15 heavy (non-hydrogen) atoms. The maximum absolute atomic E-state index is 11.1. The lowest BCUT2D eigenvalue weighted by Gasteiger charge is -2.23. The summed E-state index contributed by atoms with van der Waals surface area (Å²) in [4.78, 5) is 11.1. The molecule has 0 bridgehead atoms. The van der Waals surface area contributed by atoms with Gasteiger partial charge in [-0.25, -0.2) is 4.79 Å². The number of hydrogen-bond acceptors (Lipinski definition) is 1. The predicted molar refractivity (Wildman–Crippen MR) is 60.1 cm³/mol. The van der Waals surface area contributed by atoms with Crippen molar-refractivity contribution in [1.82, 2.24) is 0 Å². The molecule has 0 aromatic heterocycles. The van der Waals surface area contributed by atoms with E-state index in [0.29, 0.717) is 10.2 Å². The van der Waals surface area contributed by atoms with Crippen LogP contribution in [-0.4, -0.2) is 36.7 Å². The molecule has 1 aromatic carbocycles. The average molecular weight is 206 g/mol. The number of benzene rings is 1. The fraction of sp³-hybridized carbons (Fsp3) is 0.250.